The second kappa shape index (κ2) is 12.2. The van der Waals surface area contributed by atoms with Gasteiger partial charge in [0.2, 0.25) is 5.91 Å². The number of nitrogens with one attached hydrogen (secondary N) is 2. The third-order valence-corrected chi connectivity index (χ3v) is 9.05. The topological polar surface area (TPSA) is 122 Å². The Balaban J connectivity index is 0.993. The molecular formula is C35H36F3N5O6. The third kappa shape index (κ3) is 6.87. The second-order valence-corrected chi connectivity index (χ2v) is 13.7. The molecule has 3 atom stereocenters. The number of pyridine rings is 1. The van der Waals surface area contributed by atoms with Gasteiger partial charge in [-0.1, -0.05) is 6.07 Å². The number of carbonyl (C=O) groups is 3. The number of halogens is 3. The summed E-state index contributed by atoms with van der Waals surface area (Å²) in [7, 11) is 0. The average Bonchev–Trinajstić information content (AvgIpc) is 3.55. The Morgan fingerprint density at radius 3 is 2.55 bits per heavy atom. The fraction of sp³-hybridized carbons (Fsp3) is 0.429. The molecule has 3 aromatic rings. The van der Waals surface area contributed by atoms with Crippen LogP contribution in [-0.2, 0) is 28.7 Å². The van der Waals surface area contributed by atoms with Crippen molar-refractivity contribution in [3.05, 3.63) is 76.5 Å². The van der Waals surface area contributed by atoms with Crippen LogP contribution in [0.2, 0.25) is 0 Å². The summed E-state index contributed by atoms with van der Waals surface area (Å²) in [5, 5.41) is 5.61. The van der Waals surface area contributed by atoms with Gasteiger partial charge >= 0.3 is 12.3 Å². The first kappa shape index (κ1) is 32.7. The second-order valence-electron chi connectivity index (χ2n) is 13.7. The van der Waals surface area contributed by atoms with Crippen LogP contribution < -0.4 is 20.1 Å². The molecule has 0 spiro atoms. The van der Waals surface area contributed by atoms with E-state index < -0.39 is 35.4 Å². The molecule has 1 saturated carbocycles. The van der Waals surface area contributed by atoms with Crippen LogP contribution in [0.15, 0.2) is 48.7 Å². The molecule has 1 saturated heterocycles. The van der Waals surface area contributed by atoms with Crippen molar-refractivity contribution in [2.45, 2.75) is 70.0 Å². The lowest BCUT2D eigenvalue weighted by molar-refractivity contribution is -0.138. The Hall–Kier alpha value is -4.85. The largest absolute Gasteiger partial charge is 0.487 e. The molecule has 4 heterocycles. The number of amides is 3. The van der Waals surface area contributed by atoms with Gasteiger partial charge in [-0.3, -0.25) is 14.5 Å². The average molecular weight is 680 g/mol. The van der Waals surface area contributed by atoms with Crippen molar-refractivity contribution in [3.8, 4) is 17.2 Å². The number of alkyl halides is 3. The first-order valence-corrected chi connectivity index (χ1v) is 16.2. The highest BCUT2D eigenvalue weighted by Crippen LogP contribution is 2.54. The van der Waals surface area contributed by atoms with Gasteiger partial charge < -0.3 is 29.7 Å². The Labute approximate surface area is 280 Å². The number of anilines is 1. The number of rotatable bonds is 6. The molecule has 49 heavy (non-hydrogen) atoms. The Bertz CT molecular complexity index is 1820. The van der Waals surface area contributed by atoms with Gasteiger partial charge in [0.25, 0.3) is 5.91 Å². The van der Waals surface area contributed by atoms with Crippen molar-refractivity contribution >= 4 is 23.7 Å². The van der Waals surface area contributed by atoms with Crippen molar-refractivity contribution in [2.24, 2.45) is 0 Å². The lowest BCUT2D eigenvalue weighted by Crippen LogP contribution is -2.49. The summed E-state index contributed by atoms with van der Waals surface area (Å²) in [5.41, 5.74) is 0.0952. The third-order valence-electron chi connectivity index (χ3n) is 9.05. The Morgan fingerprint density at radius 1 is 1.04 bits per heavy atom. The quantitative estimate of drug-likeness (QED) is 0.351. The van der Waals surface area contributed by atoms with E-state index in [1.54, 1.807) is 50.1 Å². The predicted octanol–water partition coefficient (Wildman–Crippen LogP) is 5.49. The molecule has 11 nitrogen and oxygen atoms in total. The lowest BCUT2D eigenvalue weighted by atomic mass is 10.0. The molecule has 4 aliphatic rings. The number of hydrogen-bond donors (Lipinski definition) is 2. The van der Waals surface area contributed by atoms with E-state index in [1.165, 1.54) is 12.1 Å². The van der Waals surface area contributed by atoms with Crippen molar-refractivity contribution in [2.75, 3.05) is 31.5 Å². The molecule has 1 aromatic heterocycles. The van der Waals surface area contributed by atoms with Gasteiger partial charge in [0.15, 0.2) is 0 Å². The van der Waals surface area contributed by atoms with Crippen molar-refractivity contribution in [3.63, 3.8) is 0 Å². The van der Waals surface area contributed by atoms with Crippen LogP contribution in [0.3, 0.4) is 0 Å². The summed E-state index contributed by atoms with van der Waals surface area (Å²) in [5.74, 6) is 1.36. The summed E-state index contributed by atoms with van der Waals surface area (Å²) < 4.78 is 60.3. The van der Waals surface area contributed by atoms with Crippen LogP contribution in [0.1, 0.15) is 65.7 Å². The zero-order chi connectivity index (χ0) is 34.7. The summed E-state index contributed by atoms with van der Waals surface area (Å²) in [6.07, 6.45) is -3.05. The van der Waals surface area contributed by atoms with Gasteiger partial charge in [0.1, 0.15) is 34.8 Å². The lowest BCUT2D eigenvalue weighted by Gasteiger charge is -2.36. The smallest absolute Gasteiger partial charge is 0.416 e. The molecule has 1 unspecified atom stereocenters. The van der Waals surface area contributed by atoms with Gasteiger partial charge in [-0.05, 0) is 69.2 Å². The first-order valence-electron chi connectivity index (χ1n) is 16.2. The van der Waals surface area contributed by atoms with Crippen molar-refractivity contribution in [1.29, 1.82) is 0 Å². The van der Waals surface area contributed by atoms with Crippen LogP contribution in [-0.4, -0.2) is 76.6 Å². The number of piperazine rings is 1. The molecular weight excluding hydrogens is 643 g/mol. The van der Waals surface area contributed by atoms with E-state index in [0.29, 0.717) is 62.1 Å². The molecule has 1 aliphatic carbocycles. The molecule has 2 N–H and O–H groups in total. The highest BCUT2D eigenvalue weighted by atomic mass is 19.4. The minimum Gasteiger partial charge on any atom is -0.487 e. The predicted molar refractivity (Wildman–Crippen MR) is 171 cm³/mol. The van der Waals surface area contributed by atoms with Gasteiger partial charge in [0, 0.05) is 62.0 Å². The zero-order valence-electron chi connectivity index (χ0n) is 27.2. The highest BCUT2D eigenvalue weighted by molar-refractivity contribution is 5.95. The maximum absolute atomic E-state index is 14.2. The fourth-order valence-electron chi connectivity index (χ4n) is 6.57. The van der Waals surface area contributed by atoms with Gasteiger partial charge in [-0.25, -0.2) is 9.78 Å². The fourth-order valence-corrected chi connectivity index (χ4v) is 6.57. The highest BCUT2D eigenvalue weighted by Gasteiger charge is 2.59. The van der Waals surface area contributed by atoms with E-state index in [2.05, 4.69) is 15.6 Å². The van der Waals surface area contributed by atoms with Crippen LogP contribution in [0.25, 0.3) is 0 Å². The minimum atomic E-state index is -4.67. The van der Waals surface area contributed by atoms with E-state index in [1.807, 2.05) is 11.0 Å². The minimum absolute atomic E-state index is 0.0254. The van der Waals surface area contributed by atoms with Crippen LogP contribution >= 0.6 is 0 Å². The summed E-state index contributed by atoms with van der Waals surface area (Å²) in [6.45, 7) is 6.81. The zero-order valence-corrected chi connectivity index (χ0v) is 27.2. The van der Waals surface area contributed by atoms with Gasteiger partial charge in [-0.2, -0.15) is 13.2 Å². The summed E-state index contributed by atoms with van der Waals surface area (Å²) in [6, 6.07) is 10.4. The van der Waals surface area contributed by atoms with Crippen LogP contribution in [0.4, 0.5) is 23.8 Å². The maximum Gasteiger partial charge on any atom is 0.416 e. The van der Waals surface area contributed by atoms with Crippen molar-refractivity contribution in [1.82, 2.24) is 20.1 Å². The number of fused-ring (bicyclic) bond motifs is 4. The number of aromatic nitrogens is 1. The summed E-state index contributed by atoms with van der Waals surface area (Å²) >= 11 is 0. The first-order chi connectivity index (χ1) is 23.2. The van der Waals surface area contributed by atoms with E-state index in [-0.39, 0.29) is 35.6 Å². The Morgan fingerprint density at radius 2 is 1.82 bits per heavy atom. The van der Waals surface area contributed by atoms with E-state index in [0.717, 1.165) is 17.2 Å². The molecule has 0 bridgehead atoms. The Kier molecular flexibility index (Phi) is 8.16. The molecule has 258 valence electrons. The van der Waals surface area contributed by atoms with Crippen LogP contribution in [0, 0.1) is 0 Å². The van der Waals surface area contributed by atoms with Crippen LogP contribution in [0.5, 0.6) is 17.2 Å². The molecule has 3 aliphatic heterocycles. The molecule has 0 radical (unpaired) electrons. The maximum atomic E-state index is 14.2. The number of benzene rings is 2. The van der Waals surface area contributed by atoms with E-state index in [4.69, 9.17) is 14.2 Å². The van der Waals surface area contributed by atoms with Gasteiger partial charge in [0.05, 0.1) is 17.5 Å². The summed E-state index contributed by atoms with van der Waals surface area (Å²) in [4.78, 5) is 45.0. The molecule has 2 fully saturated rings. The number of carbonyl (C=O) groups excluding carboxylic acids is 3. The number of hydrogen-bond acceptors (Lipinski definition) is 8. The molecule has 14 heteroatoms. The normalized spacial score (nSPS) is 21.5. The molecule has 3 amide bonds. The van der Waals surface area contributed by atoms with Crippen molar-refractivity contribution < 1.29 is 41.8 Å². The molecule has 2 aromatic carbocycles. The number of nitrogens with zero attached hydrogens (tertiary/aromatic N) is 3. The SMILES string of the molecule is CC(C)(C)OC(=O)N1CCN(Cc2ccc(C(=O)N[C@H]3C4Oc5ccc(Oc6ccnc7c6CCC(=O)N7)cc5[C@H]43)cc2C(F)(F)F)CC1. The standard InChI is InChI=1S/C35H36F3N5O6/c1-34(2,3)49-33(46)43-14-12-42(13-15-43)18-20-5-4-19(16-24(20)35(36,37)38)32(45)41-29-28-23-17-21(6-8-25(23)48-30(28)29)47-26-10-11-39-31-22(26)7-9-27(44)40-31/h4-6,8,10-11,16-17,28-30H,7,9,12-15,18H2,1-3H3,(H,41,45)(H,39,40,44)/t28-,29+,30?/m0/s1. The van der Waals surface area contributed by atoms with E-state index >= 15 is 0 Å². The van der Waals surface area contributed by atoms with Gasteiger partial charge in [-0.15, -0.1) is 0 Å². The molecule has 7 rings (SSSR count). The number of ether oxygens (including phenoxy) is 3. The monoisotopic (exact) mass is 679 g/mol. The van der Waals surface area contributed by atoms with E-state index in [9.17, 15) is 27.6 Å².